The summed E-state index contributed by atoms with van der Waals surface area (Å²) < 4.78 is 4.61. The van der Waals surface area contributed by atoms with Crippen LogP contribution in [0.2, 0.25) is 0 Å². The van der Waals surface area contributed by atoms with Gasteiger partial charge < -0.3 is 34.0 Å². The molecule has 0 spiro atoms. The van der Waals surface area contributed by atoms with Crippen LogP contribution in [0.5, 0.6) is 0 Å². The largest absolute Gasteiger partial charge is 1.00 e. The van der Waals surface area contributed by atoms with E-state index in [9.17, 15) is 0 Å². The molecule has 4 heteroatoms. The van der Waals surface area contributed by atoms with E-state index in [0.29, 0.717) is 0 Å². The first kappa shape index (κ1) is 23.8. The summed E-state index contributed by atoms with van der Waals surface area (Å²) in [5.41, 5.74) is 0. The van der Waals surface area contributed by atoms with E-state index in [-0.39, 0.29) is 34.0 Å². The Hall–Kier alpha value is -1.26. The Bertz CT molecular complexity index is 762. The Morgan fingerprint density at radius 2 is 1.04 bits per heavy atom. The molecule has 0 unspecified atom stereocenters. The number of hydrogen-bond donors (Lipinski definition) is 0. The number of unbranched alkanes of at least 4 members (excludes halogenated alkanes) is 6. The third-order valence-electron chi connectivity index (χ3n) is 4.86. The number of benzene rings is 1. The zero-order valence-corrected chi connectivity index (χ0v) is 19.1. The summed E-state index contributed by atoms with van der Waals surface area (Å²) in [5, 5.41) is 2.66. The second-order valence-electron chi connectivity index (χ2n) is 6.90. The maximum absolute atomic E-state index is 2.33. The number of rotatable bonds is 10. The number of nitrogens with zero attached hydrogens (tertiary/aromatic N) is 2. The molecule has 2 heterocycles. The third kappa shape index (κ3) is 8.52. The predicted octanol–water partition coefficient (Wildman–Crippen LogP) is -1.15. The lowest BCUT2D eigenvalue weighted by molar-refractivity contribution is -0.697. The number of fused-ring (bicyclic) bond motifs is 1. The van der Waals surface area contributed by atoms with E-state index in [4.69, 9.17) is 0 Å². The van der Waals surface area contributed by atoms with Crippen molar-refractivity contribution >= 4 is 10.8 Å². The van der Waals surface area contributed by atoms with Crippen LogP contribution in [-0.2, 0) is 13.1 Å². The summed E-state index contributed by atoms with van der Waals surface area (Å²) in [4.78, 5) is 0. The zero-order valence-electron chi connectivity index (χ0n) is 15.9. The van der Waals surface area contributed by atoms with Gasteiger partial charge >= 0.3 is 0 Å². The van der Waals surface area contributed by atoms with Gasteiger partial charge in [0.25, 0.3) is 0 Å². The van der Waals surface area contributed by atoms with Crippen LogP contribution < -0.4 is 43.1 Å². The molecule has 0 amide bonds. The van der Waals surface area contributed by atoms with E-state index in [1.807, 2.05) is 0 Å². The zero-order chi connectivity index (χ0) is 17.2. The number of aryl methyl sites for hydroxylation is 2. The van der Waals surface area contributed by atoms with Crippen molar-refractivity contribution in [3.05, 3.63) is 73.3 Å². The van der Waals surface area contributed by atoms with E-state index in [0.717, 1.165) is 13.1 Å². The van der Waals surface area contributed by atoms with Gasteiger partial charge in [-0.25, -0.2) is 9.13 Å². The van der Waals surface area contributed by atoms with E-state index < -0.39 is 0 Å². The van der Waals surface area contributed by atoms with Gasteiger partial charge in [-0.1, -0.05) is 43.5 Å². The fourth-order valence-corrected chi connectivity index (χ4v) is 3.37. The van der Waals surface area contributed by atoms with Gasteiger partial charge in [-0.3, -0.25) is 0 Å². The van der Waals surface area contributed by atoms with Crippen molar-refractivity contribution in [2.45, 2.75) is 58.0 Å². The first-order valence-corrected chi connectivity index (χ1v) is 9.74. The van der Waals surface area contributed by atoms with Crippen LogP contribution in [0.3, 0.4) is 0 Å². The van der Waals surface area contributed by atoms with Gasteiger partial charge in [-0.05, 0) is 24.3 Å². The van der Waals surface area contributed by atoms with Gasteiger partial charge in [0.15, 0.2) is 24.8 Å². The second-order valence-corrected chi connectivity index (χ2v) is 6.90. The molecule has 0 saturated carbocycles. The molecule has 0 bridgehead atoms. The SMILES string of the molecule is [Br-].[Br-].c1cc[n+](CCCCCCCCC[n+]2ccc3ccccc3c2)cc1. The molecule has 0 saturated heterocycles. The molecule has 2 aromatic heterocycles. The minimum absolute atomic E-state index is 0. The fourth-order valence-electron chi connectivity index (χ4n) is 3.37. The average Bonchev–Trinajstić information content (AvgIpc) is 2.67. The Balaban J connectivity index is 0.00000182. The number of aromatic nitrogens is 2. The van der Waals surface area contributed by atoms with E-state index in [1.54, 1.807) is 0 Å². The van der Waals surface area contributed by atoms with E-state index in [1.165, 1.54) is 55.7 Å². The molecule has 0 atom stereocenters. The van der Waals surface area contributed by atoms with Crippen molar-refractivity contribution in [1.82, 2.24) is 0 Å². The first-order valence-electron chi connectivity index (χ1n) is 9.74. The summed E-state index contributed by atoms with van der Waals surface area (Å²) in [5.74, 6) is 0. The highest BCUT2D eigenvalue weighted by atomic mass is 79.9. The van der Waals surface area contributed by atoms with Crippen molar-refractivity contribution < 1.29 is 43.1 Å². The number of hydrogen-bond acceptors (Lipinski definition) is 0. The normalized spacial score (nSPS) is 10.2. The number of halogens is 2. The Morgan fingerprint density at radius 1 is 0.481 bits per heavy atom. The molecule has 0 aliphatic carbocycles. The van der Waals surface area contributed by atoms with Gasteiger partial charge in [0, 0.05) is 36.4 Å². The Morgan fingerprint density at radius 3 is 1.70 bits per heavy atom. The monoisotopic (exact) mass is 492 g/mol. The fraction of sp³-hybridized carbons (Fsp3) is 0.391. The van der Waals surface area contributed by atoms with Crippen LogP contribution in [-0.4, -0.2) is 0 Å². The van der Waals surface area contributed by atoms with Crippen molar-refractivity contribution in [2.75, 3.05) is 0 Å². The minimum atomic E-state index is 0. The van der Waals surface area contributed by atoms with Crippen LogP contribution in [0.4, 0.5) is 0 Å². The average molecular weight is 494 g/mol. The minimum Gasteiger partial charge on any atom is -1.00 e. The molecule has 0 radical (unpaired) electrons. The second kappa shape index (κ2) is 13.8. The van der Waals surface area contributed by atoms with Crippen LogP contribution in [0, 0.1) is 0 Å². The Kier molecular flexibility index (Phi) is 12.2. The highest BCUT2D eigenvalue weighted by Crippen LogP contribution is 2.10. The maximum atomic E-state index is 2.33. The standard InChI is InChI=1S/C23H30N2.2BrH/c1(2-4-9-16-24-17-11-6-12-18-24)3-5-10-19-25-20-15-22-13-7-8-14-23(22)21-25;;/h6-8,11-15,17-18,20-21H,1-5,9-10,16,19H2;2*1H/q+2;;/p-2. The van der Waals surface area contributed by atoms with Crippen LogP contribution in [0.25, 0.3) is 10.8 Å². The highest BCUT2D eigenvalue weighted by molar-refractivity contribution is 5.80. The molecule has 1 aromatic carbocycles. The van der Waals surface area contributed by atoms with Crippen LogP contribution in [0.15, 0.2) is 73.3 Å². The van der Waals surface area contributed by atoms with Crippen molar-refractivity contribution in [3.63, 3.8) is 0 Å². The van der Waals surface area contributed by atoms with Gasteiger partial charge in [0.2, 0.25) is 0 Å². The molecule has 146 valence electrons. The smallest absolute Gasteiger partial charge is 0.176 e. The lowest BCUT2D eigenvalue weighted by Gasteiger charge is -2.01. The molecule has 0 N–H and O–H groups in total. The van der Waals surface area contributed by atoms with Gasteiger partial charge in [-0.2, -0.15) is 0 Å². The van der Waals surface area contributed by atoms with E-state index in [2.05, 4.69) is 82.5 Å². The summed E-state index contributed by atoms with van der Waals surface area (Å²) in [7, 11) is 0. The number of pyridine rings is 2. The molecular formula is C23H30Br2N2. The third-order valence-corrected chi connectivity index (χ3v) is 4.86. The molecule has 3 aromatic rings. The molecular weight excluding hydrogens is 464 g/mol. The lowest BCUT2D eigenvalue weighted by Crippen LogP contribution is -3.00. The summed E-state index contributed by atoms with van der Waals surface area (Å²) in [6.07, 6.45) is 18.2. The predicted molar refractivity (Wildman–Crippen MR) is 103 cm³/mol. The van der Waals surface area contributed by atoms with Crippen molar-refractivity contribution in [1.29, 1.82) is 0 Å². The molecule has 3 rings (SSSR count). The topological polar surface area (TPSA) is 7.76 Å². The quantitative estimate of drug-likeness (QED) is 0.249. The highest BCUT2D eigenvalue weighted by Gasteiger charge is 2.03. The van der Waals surface area contributed by atoms with E-state index >= 15 is 0 Å². The molecule has 27 heavy (non-hydrogen) atoms. The van der Waals surface area contributed by atoms with Gasteiger partial charge in [0.05, 0.1) is 0 Å². The van der Waals surface area contributed by atoms with Crippen LogP contribution in [0.1, 0.15) is 44.9 Å². The maximum Gasteiger partial charge on any atom is 0.176 e. The lowest BCUT2D eigenvalue weighted by atomic mass is 10.1. The van der Waals surface area contributed by atoms with Gasteiger partial charge in [-0.15, -0.1) is 0 Å². The van der Waals surface area contributed by atoms with Gasteiger partial charge in [0.1, 0.15) is 13.1 Å². The molecule has 0 fully saturated rings. The molecule has 2 nitrogen and oxygen atoms in total. The summed E-state index contributed by atoms with van der Waals surface area (Å²) in [6, 6.07) is 17.1. The first-order chi connectivity index (χ1) is 12.4. The summed E-state index contributed by atoms with van der Waals surface area (Å²) >= 11 is 0. The summed E-state index contributed by atoms with van der Waals surface area (Å²) in [6.45, 7) is 2.29. The van der Waals surface area contributed by atoms with Crippen molar-refractivity contribution in [2.24, 2.45) is 0 Å². The molecule has 0 aliphatic heterocycles. The van der Waals surface area contributed by atoms with Crippen molar-refractivity contribution in [3.8, 4) is 0 Å². The Labute approximate surface area is 184 Å². The molecule has 0 aliphatic rings. The van der Waals surface area contributed by atoms with Crippen LogP contribution >= 0.6 is 0 Å².